The van der Waals surface area contributed by atoms with Gasteiger partial charge in [-0.1, -0.05) is 0 Å². The minimum Gasteiger partial charge on any atom is -0.383 e. The Kier molecular flexibility index (Phi) is 6.38. The van der Waals surface area contributed by atoms with Crippen LogP contribution in [0.5, 0.6) is 0 Å². The van der Waals surface area contributed by atoms with Crippen molar-refractivity contribution in [1.82, 2.24) is 9.78 Å². The Hall–Kier alpha value is -0.530. The van der Waals surface area contributed by atoms with Gasteiger partial charge in [0.15, 0.2) is 0 Å². The summed E-state index contributed by atoms with van der Waals surface area (Å²) in [4.78, 5) is 12.1. The lowest BCUT2D eigenvalue weighted by Gasteiger charge is -2.22. The van der Waals surface area contributed by atoms with Crippen LogP contribution in [0.3, 0.4) is 0 Å². The van der Waals surface area contributed by atoms with Gasteiger partial charge in [0.05, 0.1) is 25.0 Å². The molecular weight excluding hydrogens is 342 g/mol. The van der Waals surface area contributed by atoms with Gasteiger partial charge in [-0.15, -0.1) is 0 Å². The van der Waals surface area contributed by atoms with E-state index in [0.29, 0.717) is 23.5 Å². The Morgan fingerprint density at radius 1 is 1.55 bits per heavy atom. The molecular formula is C13H20BrN3O2S. The third-order valence-corrected chi connectivity index (χ3v) is 5.23. The van der Waals surface area contributed by atoms with Crippen molar-refractivity contribution in [1.29, 1.82) is 0 Å². The first kappa shape index (κ1) is 15.9. The van der Waals surface area contributed by atoms with Crippen molar-refractivity contribution in [3.8, 4) is 0 Å². The van der Waals surface area contributed by atoms with Crippen LogP contribution in [-0.2, 0) is 11.3 Å². The number of hydrogen-bond acceptors (Lipinski definition) is 5. The van der Waals surface area contributed by atoms with E-state index in [4.69, 9.17) is 4.74 Å². The summed E-state index contributed by atoms with van der Waals surface area (Å²) in [6.45, 7) is 1.85. The van der Waals surface area contributed by atoms with Crippen LogP contribution in [-0.4, -0.2) is 41.5 Å². The van der Waals surface area contributed by atoms with Gasteiger partial charge in [-0.2, -0.15) is 16.9 Å². The van der Waals surface area contributed by atoms with Crippen molar-refractivity contribution in [3.63, 3.8) is 0 Å². The van der Waals surface area contributed by atoms with E-state index in [2.05, 4.69) is 26.3 Å². The number of anilines is 1. The lowest BCUT2D eigenvalue weighted by Crippen LogP contribution is -2.27. The van der Waals surface area contributed by atoms with Crippen molar-refractivity contribution < 1.29 is 4.74 Å². The van der Waals surface area contributed by atoms with Crippen LogP contribution >= 0.6 is 27.7 Å². The molecule has 0 bridgehead atoms. The van der Waals surface area contributed by atoms with Gasteiger partial charge in [0.2, 0.25) is 0 Å². The number of ether oxygens (including phenoxy) is 1. The maximum absolute atomic E-state index is 12.1. The molecule has 112 valence electrons. The highest BCUT2D eigenvalue weighted by molar-refractivity contribution is 9.10. The molecule has 5 nitrogen and oxygen atoms in total. The van der Waals surface area contributed by atoms with Gasteiger partial charge in [0, 0.05) is 13.7 Å². The van der Waals surface area contributed by atoms with E-state index in [1.807, 2.05) is 11.8 Å². The van der Waals surface area contributed by atoms with Gasteiger partial charge in [-0.3, -0.25) is 4.79 Å². The molecule has 0 unspecified atom stereocenters. The van der Waals surface area contributed by atoms with E-state index < -0.39 is 0 Å². The molecule has 0 amide bonds. The molecule has 1 aromatic rings. The Labute approximate surface area is 131 Å². The van der Waals surface area contributed by atoms with Crippen LogP contribution in [0.25, 0.3) is 0 Å². The summed E-state index contributed by atoms with van der Waals surface area (Å²) in [5.74, 6) is 3.17. The van der Waals surface area contributed by atoms with E-state index in [9.17, 15) is 4.79 Å². The summed E-state index contributed by atoms with van der Waals surface area (Å²) in [5.41, 5.74) is 0.660. The monoisotopic (exact) mass is 361 g/mol. The van der Waals surface area contributed by atoms with Crippen molar-refractivity contribution in [2.24, 2.45) is 5.92 Å². The first-order valence-corrected chi connectivity index (χ1v) is 8.73. The fourth-order valence-corrected chi connectivity index (χ4v) is 3.78. The largest absolute Gasteiger partial charge is 0.383 e. The normalized spacial score (nSPS) is 16.3. The van der Waals surface area contributed by atoms with E-state index in [0.717, 1.165) is 12.2 Å². The zero-order valence-corrected chi connectivity index (χ0v) is 14.0. The molecule has 0 aliphatic carbocycles. The molecule has 0 atom stereocenters. The number of halogens is 1. The lowest BCUT2D eigenvalue weighted by molar-refractivity contribution is 0.181. The van der Waals surface area contributed by atoms with Gasteiger partial charge < -0.3 is 10.1 Å². The molecule has 0 saturated carbocycles. The van der Waals surface area contributed by atoms with Crippen LogP contribution in [0.1, 0.15) is 12.8 Å². The molecule has 20 heavy (non-hydrogen) atoms. The molecule has 0 spiro atoms. The average Bonchev–Trinajstić information content (AvgIpc) is 2.49. The highest BCUT2D eigenvalue weighted by Gasteiger charge is 2.15. The van der Waals surface area contributed by atoms with Crippen molar-refractivity contribution in [2.45, 2.75) is 19.4 Å². The molecule has 0 radical (unpaired) electrons. The molecule has 1 aliphatic heterocycles. The quantitative estimate of drug-likeness (QED) is 0.841. The molecule has 2 heterocycles. The molecule has 1 saturated heterocycles. The van der Waals surface area contributed by atoms with Gasteiger partial charge in [-0.25, -0.2) is 4.68 Å². The Morgan fingerprint density at radius 3 is 3.00 bits per heavy atom. The van der Waals surface area contributed by atoms with Gasteiger partial charge in [0.25, 0.3) is 5.56 Å². The van der Waals surface area contributed by atoms with Crippen LogP contribution in [0.15, 0.2) is 15.5 Å². The van der Waals surface area contributed by atoms with Gasteiger partial charge in [0.1, 0.15) is 4.47 Å². The van der Waals surface area contributed by atoms with E-state index in [-0.39, 0.29) is 5.56 Å². The first-order valence-electron chi connectivity index (χ1n) is 6.78. The summed E-state index contributed by atoms with van der Waals surface area (Å²) < 4.78 is 6.93. The second kappa shape index (κ2) is 8.05. The fourth-order valence-electron chi connectivity index (χ4n) is 2.13. The minimum atomic E-state index is -0.119. The second-order valence-corrected chi connectivity index (χ2v) is 6.85. The van der Waals surface area contributed by atoms with Crippen LogP contribution < -0.4 is 10.9 Å². The highest BCUT2D eigenvalue weighted by Crippen LogP contribution is 2.24. The molecule has 1 fully saturated rings. The Balaban J connectivity index is 1.97. The smallest absolute Gasteiger partial charge is 0.283 e. The first-order chi connectivity index (χ1) is 9.72. The molecule has 0 aromatic carbocycles. The number of thioether (sulfide) groups is 1. The fraction of sp³-hybridized carbons (Fsp3) is 0.692. The molecule has 1 N–H and O–H groups in total. The van der Waals surface area contributed by atoms with Crippen LogP contribution in [0.4, 0.5) is 5.69 Å². The summed E-state index contributed by atoms with van der Waals surface area (Å²) in [6, 6.07) is 0. The Bertz CT molecular complexity index is 489. The zero-order valence-electron chi connectivity index (χ0n) is 11.6. The molecule has 1 aliphatic rings. The SMILES string of the molecule is COCCn1ncc(NCC2CCSCC2)c(Br)c1=O. The topological polar surface area (TPSA) is 56.1 Å². The number of hydrogen-bond donors (Lipinski definition) is 1. The average molecular weight is 362 g/mol. The van der Waals surface area contributed by atoms with Crippen molar-refractivity contribution in [2.75, 3.05) is 37.1 Å². The van der Waals surface area contributed by atoms with Gasteiger partial charge in [-0.05, 0) is 46.2 Å². The van der Waals surface area contributed by atoms with Crippen molar-refractivity contribution >= 4 is 33.4 Å². The lowest BCUT2D eigenvalue weighted by atomic mass is 10.0. The Morgan fingerprint density at radius 2 is 2.30 bits per heavy atom. The van der Waals surface area contributed by atoms with Crippen LogP contribution in [0.2, 0.25) is 0 Å². The third-order valence-electron chi connectivity index (χ3n) is 3.41. The van der Waals surface area contributed by atoms with Crippen LogP contribution in [0, 0.1) is 5.92 Å². The summed E-state index contributed by atoms with van der Waals surface area (Å²) in [6.07, 6.45) is 4.19. The minimum absolute atomic E-state index is 0.119. The maximum Gasteiger partial charge on any atom is 0.283 e. The summed E-state index contributed by atoms with van der Waals surface area (Å²) in [7, 11) is 1.61. The summed E-state index contributed by atoms with van der Waals surface area (Å²) in [5, 5.41) is 7.51. The number of rotatable bonds is 6. The number of methoxy groups -OCH3 is 1. The number of nitrogens with zero attached hydrogens (tertiary/aromatic N) is 2. The number of aromatic nitrogens is 2. The van der Waals surface area contributed by atoms with Crippen molar-refractivity contribution in [3.05, 3.63) is 21.0 Å². The van der Waals surface area contributed by atoms with E-state index in [1.165, 1.54) is 29.0 Å². The predicted molar refractivity (Wildman–Crippen MR) is 86.6 cm³/mol. The van der Waals surface area contributed by atoms with Gasteiger partial charge >= 0.3 is 0 Å². The third kappa shape index (κ3) is 4.23. The molecule has 1 aromatic heterocycles. The summed E-state index contributed by atoms with van der Waals surface area (Å²) >= 11 is 5.39. The maximum atomic E-state index is 12.1. The predicted octanol–water partition coefficient (Wildman–Crippen LogP) is 2.21. The highest BCUT2D eigenvalue weighted by atomic mass is 79.9. The standard InChI is InChI=1S/C13H20BrN3O2S/c1-19-5-4-17-13(18)12(14)11(9-16-17)15-8-10-2-6-20-7-3-10/h9-10,15H,2-8H2,1H3. The van der Waals surface area contributed by atoms with E-state index in [1.54, 1.807) is 13.3 Å². The van der Waals surface area contributed by atoms with E-state index >= 15 is 0 Å². The second-order valence-electron chi connectivity index (χ2n) is 4.83. The number of nitrogens with one attached hydrogen (secondary N) is 1. The molecule has 2 rings (SSSR count). The zero-order chi connectivity index (χ0) is 14.4. The molecule has 7 heteroatoms.